The van der Waals surface area contributed by atoms with E-state index in [1.807, 2.05) is 25.7 Å². The molecule has 1 saturated heterocycles. The van der Waals surface area contributed by atoms with Crippen LogP contribution in [0, 0.1) is 0 Å². The lowest BCUT2D eigenvalue weighted by Crippen LogP contribution is -2.58. The minimum Gasteiger partial charge on any atom is -0.480 e. The largest absolute Gasteiger partial charge is 0.480 e. The fourth-order valence-corrected chi connectivity index (χ4v) is 3.23. The van der Waals surface area contributed by atoms with E-state index in [4.69, 9.17) is 0 Å². The third-order valence-electron chi connectivity index (χ3n) is 4.48. The Morgan fingerprint density at radius 2 is 2.00 bits per heavy atom. The topological polar surface area (TPSA) is 69.6 Å². The summed E-state index contributed by atoms with van der Waals surface area (Å²) in [7, 11) is 0. The van der Waals surface area contributed by atoms with E-state index in [0.29, 0.717) is 19.4 Å². The molecule has 5 heteroatoms. The van der Waals surface area contributed by atoms with Gasteiger partial charge in [-0.25, -0.2) is 0 Å². The summed E-state index contributed by atoms with van der Waals surface area (Å²) in [6.45, 7) is 8.45. The highest BCUT2D eigenvalue weighted by atomic mass is 16.4. The second kappa shape index (κ2) is 7.07. The van der Waals surface area contributed by atoms with Gasteiger partial charge in [0, 0.05) is 12.6 Å². The van der Waals surface area contributed by atoms with Crippen LogP contribution in [0.3, 0.4) is 0 Å². The SMILES string of the molecule is CCCC(C)NC(=O)C(C)N1CCCC1(CC)C(=O)O. The average molecular weight is 284 g/mol. The van der Waals surface area contributed by atoms with Crippen molar-refractivity contribution in [1.29, 1.82) is 0 Å². The number of carbonyl (C=O) groups excluding carboxylic acids is 1. The Labute approximate surface area is 121 Å². The molecular weight excluding hydrogens is 256 g/mol. The number of nitrogens with one attached hydrogen (secondary N) is 1. The summed E-state index contributed by atoms with van der Waals surface area (Å²) in [5, 5.41) is 12.5. The zero-order valence-electron chi connectivity index (χ0n) is 13.1. The summed E-state index contributed by atoms with van der Waals surface area (Å²) in [4.78, 5) is 25.8. The van der Waals surface area contributed by atoms with Crippen LogP contribution in [-0.4, -0.2) is 46.1 Å². The maximum atomic E-state index is 12.3. The van der Waals surface area contributed by atoms with Crippen LogP contribution in [0.25, 0.3) is 0 Å². The van der Waals surface area contributed by atoms with E-state index in [-0.39, 0.29) is 11.9 Å². The predicted molar refractivity (Wildman–Crippen MR) is 78.6 cm³/mol. The minimum absolute atomic E-state index is 0.0630. The molecule has 2 N–H and O–H groups in total. The standard InChI is InChI=1S/C15H28N2O3/c1-5-8-11(3)16-13(18)12(4)17-10-7-9-15(17,6-2)14(19)20/h11-12H,5-10H2,1-4H3,(H,16,18)(H,19,20). The maximum Gasteiger partial charge on any atom is 0.324 e. The number of likely N-dealkylation sites (tertiary alicyclic amines) is 1. The molecule has 20 heavy (non-hydrogen) atoms. The summed E-state index contributed by atoms with van der Waals surface area (Å²) in [5.41, 5.74) is -0.870. The van der Waals surface area contributed by atoms with Gasteiger partial charge in [-0.15, -0.1) is 0 Å². The number of rotatable bonds is 7. The maximum absolute atomic E-state index is 12.3. The molecule has 1 aliphatic heterocycles. The van der Waals surface area contributed by atoms with E-state index >= 15 is 0 Å². The van der Waals surface area contributed by atoms with Crippen LogP contribution < -0.4 is 5.32 Å². The number of nitrogens with zero attached hydrogens (tertiary/aromatic N) is 1. The Kier molecular flexibility index (Phi) is 5.99. The number of carboxylic acid groups (broad SMARTS) is 1. The average Bonchev–Trinajstić information content (AvgIpc) is 2.82. The molecule has 1 aliphatic rings. The lowest BCUT2D eigenvalue weighted by Gasteiger charge is -2.37. The normalized spacial score (nSPS) is 26.2. The highest BCUT2D eigenvalue weighted by Crippen LogP contribution is 2.34. The zero-order valence-corrected chi connectivity index (χ0v) is 13.1. The van der Waals surface area contributed by atoms with Crippen molar-refractivity contribution in [1.82, 2.24) is 10.2 Å². The van der Waals surface area contributed by atoms with Crippen LogP contribution in [0.15, 0.2) is 0 Å². The van der Waals surface area contributed by atoms with E-state index in [1.54, 1.807) is 0 Å². The first-order valence-electron chi connectivity index (χ1n) is 7.69. The number of hydrogen-bond acceptors (Lipinski definition) is 3. The fraction of sp³-hybridized carbons (Fsp3) is 0.867. The summed E-state index contributed by atoms with van der Waals surface area (Å²) in [6.07, 6.45) is 3.96. The van der Waals surface area contributed by atoms with Gasteiger partial charge in [-0.3, -0.25) is 14.5 Å². The van der Waals surface area contributed by atoms with E-state index in [0.717, 1.165) is 19.3 Å². The van der Waals surface area contributed by atoms with Gasteiger partial charge in [0.1, 0.15) is 5.54 Å². The molecule has 1 amide bonds. The van der Waals surface area contributed by atoms with Gasteiger partial charge >= 0.3 is 5.97 Å². The van der Waals surface area contributed by atoms with Gasteiger partial charge in [-0.05, 0) is 39.5 Å². The number of hydrogen-bond donors (Lipinski definition) is 2. The first-order chi connectivity index (χ1) is 9.39. The van der Waals surface area contributed by atoms with Crippen LogP contribution in [0.5, 0.6) is 0 Å². The van der Waals surface area contributed by atoms with Gasteiger partial charge in [0.25, 0.3) is 0 Å². The molecule has 116 valence electrons. The third kappa shape index (κ3) is 3.32. The Hall–Kier alpha value is -1.10. The highest BCUT2D eigenvalue weighted by molar-refractivity contribution is 5.84. The molecule has 0 aliphatic carbocycles. The second-order valence-electron chi connectivity index (χ2n) is 5.86. The molecule has 5 nitrogen and oxygen atoms in total. The van der Waals surface area contributed by atoms with Gasteiger partial charge in [-0.1, -0.05) is 20.3 Å². The Morgan fingerprint density at radius 1 is 1.35 bits per heavy atom. The predicted octanol–water partition coefficient (Wildman–Crippen LogP) is 2.01. The van der Waals surface area contributed by atoms with E-state index < -0.39 is 17.6 Å². The summed E-state index contributed by atoms with van der Waals surface area (Å²) < 4.78 is 0. The molecule has 0 aromatic carbocycles. The molecule has 0 saturated carbocycles. The van der Waals surface area contributed by atoms with Gasteiger partial charge in [-0.2, -0.15) is 0 Å². The van der Waals surface area contributed by atoms with Gasteiger partial charge in [0.15, 0.2) is 0 Å². The van der Waals surface area contributed by atoms with Crippen molar-refractivity contribution in [2.75, 3.05) is 6.54 Å². The molecular formula is C15H28N2O3. The monoisotopic (exact) mass is 284 g/mol. The van der Waals surface area contributed by atoms with Crippen molar-refractivity contribution >= 4 is 11.9 Å². The summed E-state index contributed by atoms with van der Waals surface area (Å²) in [6, 6.07) is -0.258. The summed E-state index contributed by atoms with van der Waals surface area (Å²) in [5.74, 6) is -0.870. The Bertz CT molecular complexity index is 359. The molecule has 0 bridgehead atoms. The first kappa shape index (κ1) is 17.0. The summed E-state index contributed by atoms with van der Waals surface area (Å²) >= 11 is 0. The molecule has 0 aromatic rings. The van der Waals surface area contributed by atoms with Crippen LogP contribution in [0.2, 0.25) is 0 Å². The smallest absolute Gasteiger partial charge is 0.324 e. The van der Waals surface area contributed by atoms with Gasteiger partial charge in [0.05, 0.1) is 6.04 Å². The molecule has 1 heterocycles. The zero-order chi connectivity index (χ0) is 15.3. The lowest BCUT2D eigenvalue weighted by molar-refractivity contribution is -0.152. The van der Waals surface area contributed by atoms with Crippen LogP contribution in [-0.2, 0) is 9.59 Å². The molecule has 0 aromatic heterocycles. The van der Waals surface area contributed by atoms with E-state index in [1.165, 1.54) is 0 Å². The Morgan fingerprint density at radius 3 is 2.50 bits per heavy atom. The molecule has 3 atom stereocenters. The van der Waals surface area contributed by atoms with E-state index in [9.17, 15) is 14.7 Å². The molecule has 1 rings (SSSR count). The fourth-order valence-electron chi connectivity index (χ4n) is 3.23. The number of amides is 1. The van der Waals surface area contributed by atoms with Crippen molar-refractivity contribution in [3.8, 4) is 0 Å². The minimum atomic E-state index is -0.870. The molecule has 0 spiro atoms. The lowest BCUT2D eigenvalue weighted by atomic mass is 9.92. The number of aliphatic carboxylic acids is 1. The van der Waals surface area contributed by atoms with Crippen LogP contribution >= 0.6 is 0 Å². The van der Waals surface area contributed by atoms with E-state index in [2.05, 4.69) is 12.2 Å². The van der Waals surface area contributed by atoms with Crippen LogP contribution in [0.4, 0.5) is 0 Å². The highest BCUT2D eigenvalue weighted by Gasteiger charge is 2.49. The van der Waals surface area contributed by atoms with Gasteiger partial charge < -0.3 is 10.4 Å². The number of carboxylic acids is 1. The quantitative estimate of drug-likeness (QED) is 0.750. The molecule has 3 unspecified atom stereocenters. The first-order valence-corrected chi connectivity index (χ1v) is 7.69. The van der Waals surface area contributed by atoms with Gasteiger partial charge in [0.2, 0.25) is 5.91 Å². The van der Waals surface area contributed by atoms with Crippen molar-refractivity contribution in [2.24, 2.45) is 0 Å². The second-order valence-corrected chi connectivity index (χ2v) is 5.86. The van der Waals surface area contributed by atoms with Crippen molar-refractivity contribution in [2.45, 2.75) is 77.4 Å². The van der Waals surface area contributed by atoms with Crippen LogP contribution in [0.1, 0.15) is 59.8 Å². The third-order valence-corrected chi connectivity index (χ3v) is 4.48. The van der Waals surface area contributed by atoms with Crippen molar-refractivity contribution < 1.29 is 14.7 Å². The molecule has 1 fully saturated rings. The van der Waals surface area contributed by atoms with Crippen molar-refractivity contribution in [3.63, 3.8) is 0 Å². The number of carbonyl (C=O) groups is 2. The van der Waals surface area contributed by atoms with Crippen molar-refractivity contribution in [3.05, 3.63) is 0 Å². The molecule has 0 radical (unpaired) electrons. The Balaban J connectivity index is 2.77.